The number of rotatable bonds is 5. The molecule has 0 fully saturated rings. The SMILES string of the molecule is c1ccc(-c2cccc(-c3ccc4c(c3)C3(c5ccccc5-c5ccccc5-c5ccccc53)c3cc(-c5cccc(-c6ccccc6)c5)ccc3N4c3ccccc3)c2)cc1. The highest BCUT2D eigenvalue weighted by molar-refractivity contribution is 5.99. The minimum absolute atomic E-state index is 0.720. The highest BCUT2D eigenvalue weighted by Gasteiger charge is 2.50. The molecule has 0 amide bonds. The van der Waals surface area contributed by atoms with Crippen LogP contribution < -0.4 is 4.90 Å². The van der Waals surface area contributed by atoms with E-state index in [4.69, 9.17) is 0 Å². The molecule has 0 N–H and O–H groups in total. The maximum absolute atomic E-state index is 2.50. The molecule has 1 heteroatoms. The third-order valence-electron chi connectivity index (χ3n) is 13.1. The Morgan fingerprint density at radius 1 is 0.226 bits per heavy atom. The monoisotopic (exact) mass is 787 g/mol. The maximum Gasteiger partial charge on any atom is 0.0754 e. The van der Waals surface area contributed by atoms with Gasteiger partial charge in [0.25, 0.3) is 0 Å². The molecule has 0 aromatic heterocycles. The quantitative estimate of drug-likeness (QED) is 0.168. The molecule has 1 heterocycles. The molecule has 0 atom stereocenters. The van der Waals surface area contributed by atoms with Gasteiger partial charge in [-0.2, -0.15) is 0 Å². The minimum Gasteiger partial charge on any atom is -0.310 e. The van der Waals surface area contributed by atoms with Gasteiger partial charge in [0, 0.05) is 5.69 Å². The number of hydrogen-bond acceptors (Lipinski definition) is 1. The summed E-state index contributed by atoms with van der Waals surface area (Å²) in [6.45, 7) is 0. The predicted molar refractivity (Wildman–Crippen MR) is 259 cm³/mol. The van der Waals surface area contributed by atoms with E-state index >= 15 is 0 Å². The maximum atomic E-state index is 2.50. The summed E-state index contributed by atoms with van der Waals surface area (Å²) < 4.78 is 0. The third kappa shape index (κ3) is 5.63. The fourth-order valence-electron chi connectivity index (χ4n) is 10.3. The zero-order valence-electron chi connectivity index (χ0n) is 34.1. The number of para-hydroxylation sites is 1. The van der Waals surface area contributed by atoms with Crippen LogP contribution in [-0.4, -0.2) is 0 Å². The lowest BCUT2D eigenvalue weighted by Gasteiger charge is -2.47. The van der Waals surface area contributed by atoms with Crippen molar-refractivity contribution in [1.82, 2.24) is 0 Å². The van der Waals surface area contributed by atoms with Crippen molar-refractivity contribution in [2.75, 3.05) is 4.90 Å². The van der Waals surface area contributed by atoms with Crippen LogP contribution in [0.4, 0.5) is 17.1 Å². The summed E-state index contributed by atoms with van der Waals surface area (Å²) in [5, 5.41) is 0. The van der Waals surface area contributed by atoms with Crippen molar-refractivity contribution in [1.29, 1.82) is 0 Å². The van der Waals surface area contributed by atoms with Crippen molar-refractivity contribution in [2.24, 2.45) is 0 Å². The number of benzene rings is 10. The standard InChI is InChI=1S/C61H41N/c1-4-18-42(19-5-1)44-22-16-24-46(38-44)48-34-36-59-57(40-48)61(55-32-14-12-30-53(55)51-28-10-11-29-52(51)54-31-13-15-33-56(54)61)58-41-49(35-37-60(58)62(59)50-26-8-3-9-27-50)47-25-17-23-45(39-47)43-20-6-2-7-21-43/h1-41H. The first-order valence-corrected chi connectivity index (χ1v) is 21.5. The van der Waals surface area contributed by atoms with Crippen molar-refractivity contribution in [2.45, 2.75) is 5.41 Å². The second-order valence-electron chi connectivity index (χ2n) is 16.4. The van der Waals surface area contributed by atoms with E-state index in [9.17, 15) is 0 Å². The lowest BCUT2D eigenvalue weighted by atomic mass is 9.60. The molecule has 290 valence electrons. The summed E-state index contributed by atoms with van der Waals surface area (Å²) in [5.74, 6) is 0. The van der Waals surface area contributed by atoms with E-state index in [-0.39, 0.29) is 0 Å². The first kappa shape index (κ1) is 35.9. The topological polar surface area (TPSA) is 3.24 Å². The molecule has 1 aliphatic heterocycles. The molecule has 1 spiro atoms. The zero-order valence-corrected chi connectivity index (χ0v) is 34.1. The summed E-state index contributed by atoms with van der Waals surface area (Å²) in [6.07, 6.45) is 0. The second kappa shape index (κ2) is 14.6. The Hall–Kier alpha value is -8.00. The smallest absolute Gasteiger partial charge is 0.0754 e. The van der Waals surface area contributed by atoms with E-state index in [1.54, 1.807) is 0 Å². The summed E-state index contributed by atoms with van der Waals surface area (Å²) in [4.78, 5) is 2.49. The van der Waals surface area contributed by atoms with E-state index in [1.165, 1.54) is 100 Å². The summed E-state index contributed by atoms with van der Waals surface area (Å²) in [7, 11) is 0. The predicted octanol–water partition coefficient (Wildman–Crippen LogP) is 16.2. The lowest BCUT2D eigenvalue weighted by molar-refractivity contribution is 0.738. The van der Waals surface area contributed by atoms with Gasteiger partial charge in [0.1, 0.15) is 0 Å². The third-order valence-corrected chi connectivity index (χ3v) is 13.1. The van der Waals surface area contributed by atoms with Gasteiger partial charge in [-0.1, -0.05) is 200 Å². The van der Waals surface area contributed by atoms with Gasteiger partial charge in [0.2, 0.25) is 0 Å². The second-order valence-corrected chi connectivity index (χ2v) is 16.4. The first-order valence-electron chi connectivity index (χ1n) is 21.5. The van der Waals surface area contributed by atoms with E-state index in [0.29, 0.717) is 0 Å². The zero-order chi connectivity index (χ0) is 41.0. The summed E-state index contributed by atoms with van der Waals surface area (Å²) in [6, 6.07) is 92.1. The van der Waals surface area contributed by atoms with Gasteiger partial charge in [0.05, 0.1) is 16.8 Å². The van der Waals surface area contributed by atoms with Crippen LogP contribution in [0.15, 0.2) is 249 Å². The van der Waals surface area contributed by atoms with E-state index in [0.717, 1.165) is 5.69 Å². The number of fused-ring (bicyclic) bond motifs is 11. The van der Waals surface area contributed by atoms with Gasteiger partial charge in [-0.15, -0.1) is 0 Å². The molecule has 62 heavy (non-hydrogen) atoms. The van der Waals surface area contributed by atoms with Crippen LogP contribution >= 0.6 is 0 Å². The molecule has 0 bridgehead atoms. The van der Waals surface area contributed by atoms with Crippen molar-refractivity contribution >= 4 is 17.1 Å². The lowest BCUT2D eigenvalue weighted by Crippen LogP contribution is -2.38. The van der Waals surface area contributed by atoms with Crippen LogP contribution in [0.1, 0.15) is 22.3 Å². The Morgan fingerprint density at radius 3 is 1.02 bits per heavy atom. The van der Waals surface area contributed by atoms with Gasteiger partial charge in [0.15, 0.2) is 0 Å². The molecular weight excluding hydrogens is 747 g/mol. The average Bonchev–Trinajstić information content (AvgIpc) is 3.46. The molecule has 2 aliphatic rings. The van der Waals surface area contributed by atoms with Crippen LogP contribution in [0.2, 0.25) is 0 Å². The highest BCUT2D eigenvalue weighted by Crippen LogP contribution is 2.63. The van der Waals surface area contributed by atoms with E-state index in [2.05, 4.69) is 254 Å². The van der Waals surface area contributed by atoms with Crippen LogP contribution in [-0.2, 0) is 5.41 Å². The van der Waals surface area contributed by atoms with Crippen LogP contribution in [0.3, 0.4) is 0 Å². The molecule has 10 aromatic rings. The number of hydrogen-bond donors (Lipinski definition) is 0. The Kier molecular flexibility index (Phi) is 8.47. The van der Waals surface area contributed by atoms with Crippen LogP contribution in [0.5, 0.6) is 0 Å². The van der Waals surface area contributed by atoms with Crippen LogP contribution in [0.25, 0.3) is 66.8 Å². The molecular formula is C61H41N. The van der Waals surface area contributed by atoms with Crippen molar-refractivity contribution in [3.05, 3.63) is 271 Å². The molecule has 12 rings (SSSR count). The summed E-state index contributed by atoms with van der Waals surface area (Å²) in [5.41, 5.74) is 22.3. The largest absolute Gasteiger partial charge is 0.310 e. The Bertz CT molecular complexity index is 3090. The fourth-order valence-corrected chi connectivity index (χ4v) is 10.3. The van der Waals surface area contributed by atoms with Gasteiger partial charge in [-0.25, -0.2) is 0 Å². The summed E-state index contributed by atoms with van der Waals surface area (Å²) >= 11 is 0. The normalized spacial score (nSPS) is 12.9. The molecule has 10 aromatic carbocycles. The number of nitrogens with zero attached hydrogens (tertiary/aromatic N) is 1. The van der Waals surface area contributed by atoms with Gasteiger partial charge in [-0.05, 0) is 138 Å². The van der Waals surface area contributed by atoms with Crippen molar-refractivity contribution in [3.63, 3.8) is 0 Å². The van der Waals surface area contributed by atoms with Gasteiger partial charge < -0.3 is 4.90 Å². The average molecular weight is 788 g/mol. The Morgan fingerprint density at radius 2 is 0.565 bits per heavy atom. The molecule has 0 saturated heterocycles. The fraction of sp³-hybridized carbons (Fsp3) is 0.0164. The molecule has 0 radical (unpaired) electrons. The molecule has 1 nitrogen and oxygen atoms in total. The minimum atomic E-state index is -0.720. The van der Waals surface area contributed by atoms with Gasteiger partial charge in [-0.3, -0.25) is 0 Å². The molecule has 0 unspecified atom stereocenters. The van der Waals surface area contributed by atoms with Crippen molar-refractivity contribution in [3.8, 4) is 66.8 Å². The highest BCUT2D eigenvalue weighted by atomic mass is 15.2. The molecule has 1 aliphatic carbocycles. The van der Waals surface area contributed by atoms with E-state index < -0.39 is 5.41 Å². The van der Waals surface area contributed by atoms with Crippen LogP contribution in [0, 0.1) is 0 Å². The Balaban J connectivity index is 1.21. The Labute approximate surface area is 363 Å². The number of anilines is 3. The van der Waals surface area contributed by atoms with E-state index in [1.807, 2.05) is 0 Å². The first-order chi connectivity index (χ1) is 30.8. The molecule has 0 saturated carbocycles. The van der Waals surface area contributed by atoms with Crippen molar-refractivity contribution < 1.29 is 0 Å². The van der Waals surface area contributed by atoms with Gasteiger partial charge >= 0.3 is 0 Å².